The monoisotopic (exact) mass is 101 g/mol. The van der Waals surface area contributed by atoms with Crippen molar-refractivity contribution in [3.05, 3.63) is 0 Å². The first-order valence-corrected chi connectivity index (χ1v) is 3.00. The van der Waals surface area contributed by atoms with Crippen molar-refractivity contribution in [2.75, 3.05) is 0 Å². The molecule has 0 aromatic carbocycles. The van der Waals surface area contributed by atoms with Crippen molar-refractivity contribution in [3.8, 4) is 0 Å². The fourth-order valence-corrected chi connectivity index (χ4v) is 0.197. The molecule has 0 spiro atoms. The first kappa shape index (κ1) is 6.96. The lowest BCUT2D eigenvalue weighted by Crippen LogP contribution is -2.14. The van der Waals surface area contributed by atoms with E-state index in [9.17, 15) is 0 Å². The Morgan fingerprint density at radius 2 is 1.43 bits per heavy atom. The number of hydrogen-bond acceptors (Lipinski definition) is 1. The zero-order valence-corrected chi connectivity index (χ0v) is 5.49. The Morgan fingerprint density at radius 3 is 1.43 bits per heavy atom. The van der Waals surface area contributed by atoms with E-state index < -0.39 is 0 Å². The maximum Gasteiger partial charge on any atom is 0.0127 e. The van der Waals surface area contributed by atoms with Crippen molar-refractivity contribution in [2.24, 2.45) is 5.73 Å². The molecule has 0 aliphatic heterocycles. The van der Waals surface area contributed by atoms with Gasteiger partial charge in [0.05, 0.1) is 0 Å². The Kier molecular flexibility index (Phi) is 2.30. The fraction of sp³-hybridized carbons (Fsp3) is 1.00. The molecule has 0 bridgehead atoms. The highest BCUT2D eigenvalue weighted by Crippen LogP contribution is 2.30. The summed E-state index contributed by atoms with van der Waals surface area (Å²) in [4.78, 5) is 0. The second-order valence-electron chi connectivity index (χ2n) is 2.15. The highest BCUT2D eigenvalue weighted by Gasteiger charge is 2.31. The SMILES string of the molecule is CC.CC1(N)CC1. The first-order valence-electron chi connectivity index (χ1n) is 3.00. The van der Waals surface area contributed by atoms with Crippen LogP contribution in [0.1, 0.15) is 33.6 Å². The predicted molar refractivity (Wildman–Crippen MR) is 33.2 cm³/mol. The first-order chi connectivity index (χ1) is 3.21. The minimum absolute atomic E-state index is 0.250. The van der Waals surface area contributed by atoms with Crippen molar-refractivity contribution in [1.82, 2.24) is 0 Å². The normalized spacial score (nSPS) is 22.3. The Bertz CT molecular complexity index is 42.1. The van der Waals surface area contributed by atoms with E-state index in [0.29, 0.717) is 0 Å². The molecule has 0 aromatic rings. The Hall–Kier alpha value is -0.0400. The van der Waals surface area contributed by atoms with Gasteiger partial charge in [-0.1, -0.05) is 13.8 Å². The van der Waals surface area contributed by atoms with Crippen molar-refractivity contribution in [2.45, 2.75) is 39.2 Å². The third kappa shape index (κ3) is 3.80. The van der Waals surface area contributed by atoms with Gasteiger partial charge in [-0.15, -0.1) is 0 Å². The van der Waals surface area contributed by atoms with Crippen molar-refractivity contribution in [3.63, 3.8) is 0 Å². The molecule has 0 atom stereocenters. The molecule has 1 rings (SSSR count). The van der Waals surface area contributed by atoms with Crippen LogP contribution in [0.5, 0.6) is 0 Å². The molecule has 1 nitrogen and oxygen atoms in total. The summed E-state index contributed by atoms with van der Waals surface area (Å²) in [7, 11) is 0. The molecule has 0 unspecified atom stereocenters. The molecule has 1 saturated carbocycles. The van der Waals surface area contributed by atoms with Gasteiger partial charge >= 0.3 is 0 Å². The fourth-order valence-electron chi connectivity index (χ4n) is 0.197. The van der Waals surface area contributed by atoms with Gasteiger partial charge < -0.3 is 5.73 Å². The van der Waals surface area contributed by atoms with Crippen LogP contribution in [0.3, 0.4) is 0 Å². The lowest BCUT2D eigenvalue weighted by molar-refractivity contribution is 0.762. The Labute approximate surface area is 45.9 Å². The zero-order chi connectivity index (χ0) is 5.91. The molecule has 44 valence electrons. The second kappa shape index (κ2) is 2.31. The van der Waals surface area contributed by atoms with Crippen LogP contribution in [0.4, 0.5) is 0 Å². The average molecular weight is 101 g/mol. The van der Waals surface area contributed by atoms with Crippen molar-refractivity contribution in [1.29, 1.82) is 0 Å². The Morgan fingerprint density at radius 1 is 1.29 bits per heavy atom. The van der Waals surface area contributed by atoms with E-state index in [1.54, 1.807) is 0 Å². The number of nitrogens with two attached hydrogens (primary N) is 1. The predicted octanol–water partition coefficient (Wildman–Crippen LogP) is 1.52. The van der Waals surface area contributed by atoms with E-state index in [1.165, 1.54) is 12.8 Å². The van der Waals surface area contributed by atoms with Crippen LogP contribution in [-0.2, 0) is 0 Å². The topological polar surface area (TPSA) is 26.0 Å². The molecule has 0 amide bonds. The standard InChI is InChI=1S/C4H9N.C2H6/c1-4(5)2-3-4;1-2/h2-3,5H2,1H3;1-2H3. The zero-order valence-electron chi connectivity index (χ0n) is 5.49. The number of rotatable bonds is 0. The van der Waals surface area contributed by atoms with Gasteiger partial charge in [0.25, 0.3) is 0 Å². The highest BCUT2D eigenvalue weighted by atomic mass is 14.8. The summed E-state index contributed by atoms with van der Waals surface area (Å²) in [5.74, 6) is 0. The summed E-state index contributed by atoms with van der Waals surface area (Å²) in [5, 5.41) is 0. The minimum Gasteiger partial charge on any atom is -0.325 e. The van der Waals surface area contributed by atoms with Crippen molar-refractivity contribution >= 4 is 0 Å². The molecule has 1 fully saturated rings. The van der Waals surface area contributed by atoms with Crippen LogP contribution >= 0.6 is 0 Å². The molecule has 0 aromatic heterocycles. The molecular weight excluding hydrogens is 86.1 g/mol. The van der Waals surface area contributed by atoms with Gasteiger partial charge in [0.15, 0.2) is 0 Å². The van der Waals surface area contributed by atoms with Gasteiger partial charge in [0, 0.05) is 5.54 Å². The van der Waals surface area contributed by atoms with Gasteiger partial charge in [-0.25, -0.2) is 0 Å². The van der Waals surface area contributed by atoms with Crippen LogP contribution in [0.2, 0.25) is 0 Å². The molecule has 1 aliphatic rings. The second-order valence-corrected chi connectivity index (χ2v) is 2.15. The maximum absolute atomic E-state index is 5.47. The third-order valence-corrected chi connectivity index (χ3v) is 1.04. The summed E-state index contributed by atoms with van der Waals surface area (Å²) in [6, 6.07) is 0. The van der Waals surface area contributed by atoms with Gasteiger partial charge in [-0.3, -0.25) is 0 Å². The largest absolute Gasteiger partial charge is 0.325 e. The van der Waals surface area contributed by atoms with E-state index in [4.69, 9.17) is 5.73 Å². The summed E-state index contributed by atoms with van der Waals surface area (Å²) in [6.45, 7) is 6.08. The molecule has 0 radical (unpaired) electrons. The lowest BCUT2D eigenvalue weighted by atomic mass is 10.4. The van der Waals surface area contributed by atoms with E-state index in [-0.39, 0.29) is 5.54 Å². The molecule has 2 N–H and O–H groups in total. The average Bonchev–Trinajstić information content (AvgIpc) is 2.26. The molecule has 0 heterocycles. The van der Waals surface area contributed by atoms with Crippen molar-refractivity contribution < 1.29 is 0 Å². The molecular formula is C6H15N. The van der Waals surface area contributed by atoms with Crippen LogP contribution in [0, 0.1) is 0 Å². The van der Waals surface area contributed by atoms with Gasteiger partial charge in [-0.05, 0) is 19.8 Å². The third-order valence-electron chi connectivity index (χ3n) is 1.04. The summed E-state index contributed by atoms with van der Waals surface area (Å²) in [6.07, 6.45) is 2.46. The smallest absolute Gasteiger partial charge is 0.0127 e. The quantitative estimate of drug-likeness (QED) is 0.492. The van der Waals surface area contributed by atoms with Crippen LogP contribution in [-0.4, -0.2) is 5.54 Å². The molecule has 0 saturated heterocycles. The van der Waals surface area contributed by atoms with E-state index >= 15 is 0 Å². The van der Waals surface area contributed by atoms with Crippen LogP contribution in [0.25, 0.3) is 0 Å². The van der Waals surface area contributed by atoms with Gasteiger partial charge in [-0.2, -0.15) is 0 Å². The summed E-state index contributed by atoms with van der Waals surface area (Å²) < 4.78 is 0. The highest BCUT2D eigenvalue weighted by molar-refractivity contribution is 4.93. The van der Waals surface area contributed by atoms with Gasteiger partial charge in [0.1, 0.15) is 0 Å². The van der Waals surface area contributed by atoms with Crippen LogP contribution < -0.4 is 5.73 Å². The lowest BCUT2D eigenvalue weighted by Gasteiger charge is -1.88. The summed E-state index contributed by atoms with van der Waals surface area (Å²) >= 11 is 0. The molecule has 7 heavy (non-hydrogen) atoms. The van der Waals surface area contributed by atoms with E-state index in [1.807, 2.05) is 13.8 Å². The van der Waals surface area contributed by atoms with Gasteiger partial charge in [0.2, 0.25) is 0 Å². The molecule has 1 aliphatic carbocycles. The number of hydrogen-bond donors (Lipinski definition) is 1. The van der Waals surface area contributed by atoms with E-state index in [0.717, 1.165) is 0 Å². The Balaban J connectivity index is 0.000000162. The maximum atomic E-state index is 5.47. The van der Waals surface area contributed by atoms with E-state index in [2.05, 4.69) is 6.92 Å². The van der Waals surface area contributed by atoms with Crippen LogP contribution in [0.15, 0.2) is 0 Å². The minimum atomic E-state index is 0.250. The molecule has 1 heteroatoms. The summed E-state index contributed by atoms with van der Waals surface area (Å²) in [5.41, 5.74) is 5.72.